The van der Waals surface area contributed by atoms with Crippen LogP contribution in [0.3, 0.4) is 0 Å². The highest BCUT2D eigenvalue weighted by Gasteiger charge is 2.01. The number of nitrogens with zero attached hydrogens (tertiary/aromatic N) is 1. The number of hydrogen-bond donors (Lipinski definition) is 0. The van der Waals surface area contributed by atoms with Crippen LogP contribution in [0.4, 0.5) is 0 Å². The summed E-state index contributed by atoms with van der Waals surface area (Å²) in [5.41, 5.74) is 0.993. The van der Waals surface area contributed by atoms with Gasteiger partial charge in [0.25, 0.3) is 0 Å². The molecule has 0 bridgehead atoms. The zero-order valence-electron chi connectivity index (χ0n) is 9.73. The third-order valence-corrected chi connectivity index (χ3v) is 1.92. The van der Waals surface area contributed by atoms with Gasteiger partial charge in [-0.15, -0.1) is 0 Å². The summed E-state index contributed by atoms with van der Waals surface area (Å²) in [6.07, 6.45) is 1.69. The van der Waals surface area contributed by atoms with E-state index in [0.29, 0.717) is 31.5 Å². The van der Waals surface area contributed by atoms with E-state index in [4.69, 9.17) is 14.2 Å². The van der Waals surface area contributed by atoms with Crippen LogP contribution in [0.15, 0.2) is 30.7 Å². The Hall–Kier alpha value is -1.55. The third-order valence-electron chi connectivity index (χ3n) is 1.92. The average Bonchev–Trinajstić information content (AvgIpc) is 2.28. The highest BCUT2D eigenvalue weighted by atomic mass is 16.5. The molecule has 0 aromatic carbocycles. The van der Waals surface area contributed by atoms with Crippen molar-refractivity contribution in [3.8, 4) is 5.88 Å². The van der Waals surface area contributed by atoms with Crippen LogP contribution < -0.4 is 4.74 Å². The number of aryl methyl sites for hydroxylation is 1. The number of aromatic nitrogens is 1. The van der Waals surface area contributed by atoms with Crippen molar-refractivity contribution in [1.82, 2.24) is 4.98 Å². The SMILES string of the molecule is C=C(COc1ncccc1C)OCCOC. The monoisotopic (exact) mass is 223 g/mol. The molecule has 0 amide bonds. The lowest BCUT2D eigenvalue weighted by atomic mass is 10.3. The highest BCUT2D eigenvalue weighted by Crippen LogP contribution is 2.12. The van der Waals surface area contributed by atoms with E-state index in [1.54, 1.807) is 13.3 Å². The smallest absolute Gasteiger partial charge is 0.216 e. The molecule has 0 spiro atoms. The van der Waals surface area contributed by atoms with Crippen molar-refractivity contribution in [2.75, 3.05) is 26.9 Å². The Morgan fingerprint density at radius 3 is 2.94 bits per heavy atom. The molecule has 4 nitrogen and oxygen atoms in total. The van der Waals surface area contributed by atoms with Gasteiger partial charge in [0.1, 0.15) is 19.0 Å². The fourth-order valence-corrected chi connectivity index (χ4v) is 1.08. The van der Waals surface area contributed by atoms with Crippen LogP contribution in [-0.4, -0.2) is 31.9 Å². The molecular formula is C12H17NO3. The Morgan fingerprint density at radius 1 is 1.44 bits per heavy atom. The number of ether oxygens (including phenoxy) is 3. The van der Waals surface area contributed by atoms with Crippen LogP contribution >= 0.6 is 0 Å². The quantitative estimate of drug-likeness (QED) is 0.523. The lowest BCUT2D eigenvalue weighted by Gasteiger charge is -2.10. The van der Waals surface area contributed by atoms with Crippen LogP contribution in [0.1, 0.15) is 5.56 Å². The van der Waals surface area contributed by atoms with Crippen molar-refractivity contribution < 1.29 is 14.2 Å². The van der Waals surface area contributed by atoms with E-state index in [2.05, 4.69) is 11.6 Å². The Bertz CT molecular complexity index is 339. The first-order valence-electron chi connectivity index (χ1n) is 5.08. The Labute approximate surface area is 95.9 Å². The normalized spacial score (nSPS) is 9.88. The molecule has 0 fully saturated rings. The van der Waals surface area contributed by atoms with Crippen molar-refractivity contribution in [1.29, 1.82) is 0 Å². The molecule has 0 saturated carbocycles. The molecule has 0 radical (unpaired) electrons. The summed E-state index contributed by atoms with van der Waals surface area (Å²) in [5.74, 6) is 1.18. The van der Waals surface area contributed by atoms with Crippen LogP contribution in [0.5, 0.6) is 5.88 Å². The first kappa shape index (κ1) is 12.5. The lowest BCUT2D eigenvalue weighted by molar-refractivity contribution is 0.0965. The largest absolute Gasteiger partial charge is 0.493 e. The molecule has 16 heavy (non-hydrogen) atoms. The minimum Gasteiger partial charge on any atom is -0.493 e. The zero-order chi connectivity index (χ0) is 11.8. The molecule has 0 N–H and O–H groups in total. The van der Waals surface area contributed by atoms with Gasteiger partial charge in [0.05, 0.1) is 6.61 Å². The second kappa shape index (κ2) is 6.85. The van der Waals surface area contributed by atoms with Gasteiger partial charge in [0.2, 0.25) is 5.88 Å². The molecule has 4 heteroatoms. The highest BCUT2D eigenvalue weighted by molar-refractivity contribution is 5.23. The van der Waals surface area contributed by atoms with Gasteiger partial charge in [0, 0.05) is 18.9 Å². The Morgan fingerprint density at radius 2 is 2.25 bits per heavy atom. The van der Waals surface area contributed by atoms with E-state index in [0.717, 1.165) is 5.56 Å². The lowest BCUT2D eigenvalue weighted by Crippen LogP contribution is -2.08. The van der Waals surface area contributed by atoms with Crippen molar-refractivity contribution in [3.05, 3.63) is 36.2 Å². The van der Waals surface area contributed by atoms with Gasteiger partial charge >= 0.3 is 0 Å². The van der Waals surface area contributed by atoms with E-state index >= 15 is 0 Å². The van der Waals surface area contributed by atoms with Crippen LogP contribution in [0.25, 0.3) is 0 Å². The predicted octanol–water partition coefficient (Wildman–Crippen LogP) is 1.95. The minimum absolute atomic E-state index is 0.307. The van der Waals surface area contributed by atoms with Gasteiger partial charge in [-0.25, -0.2) is 4.98 Å². The molecule has 88 valence electrons. The topological polar surface area (TPSA) is 40.6 Å². The van der Waals surface area contributed by atoms with Crippen molar-refractivity contribution in [2.24, 2.45) is 0 Å². The first-order chi connectivity index (χ1) is 7.74. The molecule has 0 aliphatic carbocycles. The van der Waals surface area contributed by atoms with E-state index in [1.807, 2.05) is 19.1 Å². The molecule has 0 aliphatic heterocycles. The molecule has 1 rings (SSSR count). The minimum atomic E-state index is 0.307. The summed E-state index contributed by atoms with van der Waals surface area (Å²) in [4.78, 5) is 4.10. The molecule has 1 aromatic rings. The van der Waals surface area contributed by atoms with Gasteiger partial charge in [-0.1, -0.05) is 12.6 Å². The summed E-state index contributed by atoms with van der Waals surface area (Å²) in [6.45, 7) is 7.02. The van der Waals surface area contributed by atoms with Crippen LogP contribution in [0, 0.1) is 6.92 Å². The molecule has 0 aliphatic rings. The Kier molecular flexibility index (Phi) is 5.36. The summed E-state index contributed by atoms with van der Waals surface area (Å²) < 4.78 is 15.6. The number of pyridine rings is 1. The third kappa shape index (κ3) is 4.31. The van der Waals surface area contributed by atoms with Gasteiger partial charge in [-0.3, -0.25) is 0 Å². The van der Waals surface area contributed by atoms with Crippen molar-refractivity contribution in [3.63, 3.8) is 0 Å². The van der Waals surface area contributed by atoms with Gasteiger partial charge in [-0.2, -0.15) is 0 Å². The van der Waals surface area contributed by atoms with Crippen molar-refractivity contribution in [2.45, 2.75) is 6.92 Å². The summed E-state index contributed by atoms with van der Waals surface area (Å²) in [7, 11) is 1.62. The zero-order valence-corrected chi connectivity index (χ0v) is 9.73. The fraction of sp³-hybridized carbons (Fsp3) is 0.417. The number of methoxy groups -OCH3 is 1. The number of rotatable bonds is 7. The van der Waals surface area contributed by atoms with Gasteiger partial charge < -0.3 is 14.2 Å². The average molecular weight is 223 g/mol. The summed E-state index contributed by atoms with van der Waals surface area (Å²) in [5, 5.41) is 0. The maximum atomic E-state index is 5.45. The standard InChI is InChI=1S/C12H17NO3/c1-10-5-4-6-13-12(10)16-9-11(2)15-8-7-14-3/h4-6H,2,7-9H2,1,3H3. The molecule has 0 unspecified atom stereocenters. The van der Waals surface area contributed by atoms with Crippen molar-refractivity contribution >= 4 is 0 Å². The van der Waals surface area contributed by atoms with Crippen LogP contribution in [0.2, 0.25) is 0 Å². The second-order valence-corrected chi connectivity index (χ2v) is 3.29. The first-order valence-corrected chi connectivity index (χ1v) is 5.08. The van der Waals surface area contributed by atoms with E-state index < -0.39 is 0 Å². The molecule has 1 aromatic heterocycles. The molecule has 1 heterocycles. The summed E-state index contributed by atoms with van der Waals surface area (Å²) in [6, 6.07) is 3.81. The molecule has 0 saturated heterocycles. The maximum absolute atomic E-state index is 5.45. The number of hydrogen-bond acceptors (Lipinski definition) is 4. The van der Waals surface area contributed by atoms with Crippen LogP contribution in [-0.2, 0) is 9.47 Å². The van der Waals surface area contributed by atoms with E-state index in [1.165, 1.54) is 0 Å². The van der Waals surface area contributed by atoms with E-state index in [9.17, 15) is 0 Å². The fourth-order valence-electron chi connectivity index (χ4n) is 1.08. The molecule has 0 atom stereocenters. The predicted molar refractivity (Wildman–Crippen MR) is 61.4 cm³/mol. The maximum Gasteiger partial charge on any atom is 0.216 e. The molecular weight excluding hydrogens is 206 g/mol. The van der Waals surface area contributed by atoms with E-state index in [-0.39, 0.29) is 0 Å². The Balaban J connectivity index is 2.29. The second-order valence-electron chi connectivity index (χ2n) is 3.29. The van der Waals surface area contributed by atoms with Gasteiger partial charge in [-0.05, 0) is 13.0 Å². The van der Waals surface area contributed by atoms with Gasteiger partial charge in [0.15, 0.2) is 0 Å². The summed E-state index contributed by atoms with van der Waals surface area (Å²) >= 11 is 0.